The Kier molecular flexibility index (Phi) is 4.50. The average molecular weight is 357 g/mol. The number of nitrogen functional groups attached to an aromatic ring is 1. The highest BCUT2D eigenvalue weighted by Crippen LogP contribution is 2.42. The molecule has 27 heavy (non-hydrogen) atoms. The molecule has 3 N–H and O–H groups in total. The molecule has 1 aromatic carbocycles. The Morgan fingerprint density at radius 3 is 2.41 bits per heavy atom. The minimum Gasteiger partial charge on any atom is -0.465 e. The molecule has 3 rings (SSSR count). The number of nitrogens with zero attached hydrogens (tertiary/aromatic N) is 2. The van der Waals surface area contributed by atoms with Crippen LogP contribution in [0, 0.1) is 29.6 Å². The largest absolute Gasteiger partial charge is 0.465 e. The maximum absolute atomic E-state index is 11.6. The van der Waals surface area contributed by atoms with E-state index < -0.39 is 5.97 Å². The second-order valence-electron chi connectivity index (χ2n) is 6.18. The van der Waals surface area contributed by atoms with Crippen molar-refractivity contribution in [1.29, 1.82) is 10.5 Å². The molecule has 6 heteroatoms. The maximum Gasteiger partial charge on any atom is 0.337 e. The molecule has 2 aromatic rings. The van der Waals surface area contributed by atoms with E-state index in [-0.39, 0.29) is 5.82 Å². The topological polar surface area (TPSA) is 114 Å². The van der Waals surface area contributed by atoms with Crippen LogP contribution in [0.15, 0.2) is 29.8 Å². The van der Waals surface area contributed by atoms with Crippen LogP contribution in [0.25, 0.3) is 17.2 Å². The summed E-state index contributed by atoms with van der Waals surface area (Å²) in [4.78, 5) is 14.6. The Morgan fingerprint density at radius 2 is 1.85 bits per heavy atom. The van der Waals surface area contributed by atoms with Gasteiger partial charge in [0.05, 0.1) is 12.7 Å². The lowest BCUT2D eigenvalue weighted by atomic mass is 9.95. The first-order valence-electron chi connectivity index (χ1n) is 8.20. The minimum atomic E-state index is -0.400. The van der Waals surface area contributed by atoms with Gasteiger partial charge in [-0.1, -0.05) is 12.1 Å². The number of carbonyl (C=O) groups excluding carboxylic acids is 1. The zero-order chi connectivity index (χ0) is 19.7. The summed E-state index contributed by atoms with van der Waals surface area (Å²) in [5, 5.41) is 19.0. The van der Waals surface area contributed by atoms with Gasteiger partial charge in [0, 0.05) is 5.56 Å². The van der Waals surface area contributed by atoms with Gasteiger partial charge >= 0.3 is 5.97 Å². The van der Waals surface area contributed by atoms with Crippen molar-refractivity contribution in [3.05, 3.63) is 63.3 Å². The number of pyridine rings is 1. The number of anilines is 1. The number of nitriles is 2. The number of H-pyrrole nitrogens is 1. The monoisotopic (exact) mass is 357 g/mol. The predicted octanol–water partition coefficient (Wildman–Crippen LogP) is 2.90. The molecule has 0 saturated carbocycles. The highest BCUT2D eigenvalue weighted by Gasteiger charge is 2.32. The number of esters is 1. The number of fused-ring (bicyclic) bond motifs is 1. The minimum absolute atomic E-state index is 0.248. The SMILES string of the molecule is COC(=O)c1ccc(/C=C2\C(C)=C(C#N)c3[nH+]c(N)c(C#N)c(C)c32)cc1. The summed E-state index contributed by atoms with van der Waals surface area (Å²) in [5.41, 5.74) is 11.9. The van der Waals surface area contributed by atoms with Crippen molar-refractivity contribution in [2.24, 2.45) is 0 Å². The van der Waals surface area contributed by atoms with E-state index in [4.69, 9.17) is 10.5 Å². The molecule has 0 amide bonds. The van der Waals surface area contributed by atoms with Crippen molar-refractivity contribution >= 4 is 29.0 Å². The summed E-state index contributed by atoms with van der Waals surface area (Å²) in [6.07, 6.45) is 1.93. The number of hydrogen-bond acceptors (Lipinski definition) is 5. The molecule has 1 aliphatic rings. The van der Waals surface area contributed by atoms with Crippen LogP contribution in [0.3, 0.4) is 0 Å². The van der Waals surface area contributed by atoms with Gasteiger partial charge in [0.25, 0.3) is 5.82 Å². The zero-order valence-corrected chi connectivity index (χ0v) is 15.2. The van der Waals surface area contributed by atoms with Crippen LogP contribution < -0.4 is 10.7 Å². The van der Waals surface area contributed by atoms with E-state index in [9.17, 15) is 15.3 Å². The van der Waals surface area contributed by atoms with E-state index in [2.05, 4.69) is 17.1 Å². The third-order valence-electron chi connectivity index (χ3n) is 4.69. The molecular weight excluding hydrogens is 340 g/mol. The number of benzene rings is 1. The van der Waals surface area contributed by atoms with Crippen molar-refractivity contribution in [2.75, 3.05) is 12.8 Å². The number of nitrogens with two attached hydrogens (primary N) is 1. The fourth-order valence-corrected chi connectivity index (χ4v) is 3.27. The number of aromatic amines is 1. The van der Waals surface area contributed by atoms with Gasteiger partial charge in [0.2, 0.25) is 0 Å². The van der Waals surface area contributed by atoms with Gasteiger partial charge < -0.3 is 4.74 Å². The normalized spacial score (nSPS) is 13.9. The summed E-state index contributed by atoms with van der Waals surface area (Å²) in [5.74, 6) is -0.152. The highest BCUT2D eigenvalue weighted by atomic mass is 16.5. The van der Waals surface area contributed by atoms with E-state index in [1.807, 2.05) is 19.9 Å². The summed E-state index contributed by atoms with van der Waals surface area (Å²) >= 11 is 0. The number of methoxy groups -OCH3 is 1. The smallest absolute Gasteiger partial charge is 0.337 e. The first-order chi connectivity index (χ1) is 12.9. The Balaban J connectivity index is 2.19. The molecule has 0 fully saturated rings. The molecule has 0 unspecified atom stereocenters. The number of ether oxygens (including phenoxy) is 1. The Labute approximate surface area is 156 Å². The van der Waals surface area contributed by atoms with E-state index in [0.717, 1.165) is 27.8 Å². The standard InChI is InChI=1S/C21H16N4O2/c1-11-15(8-13-4-6-14(7-5-13)21(26)27-3)18-12(2)17(10-23)20(24)25-19(18)16(11)9-22/h4-8H,1-3H3,(H2,24,25)/p+1/b15-8+. The Morgan fingerprint density at radius 1 is 1.19 bits per heavy atom. The summed E-state index contributed by atoms with van der Waals surface area (Å²) < 4.78 is 4.71. The van der Waals surface area contributed by atoms with Gasteiger partial charge in [-0.3, -0.25) is 5.73 Å². The number of rotatable bonds is 2. The van der Waals surface area contributed by atoms with Crippen molar-refractivity contribution in [1.82, 2.24) is 0 Å². The van der Waals surface area contributed by atoms with Gasteiger partial charge in [0.1, 0.15) is 23.3 Å². The maximum atomic E-state index is 11.6. The molecule has 0 aliphatic heterocycles. The lowest BCUT2D eigenvalue weighted by Crippen LogP contribution is -2.20. The number of aromatic nitrogens is 1. The van der Waals surface area contributed by atoms with Gasteiger partial charge in [-0.05, 0) is 54.3 Å². The molecule has 0 atom stereocenters. The number of allylic oxidation sites excluding steroid dienone is 3. The fraction of sp³-hybridized carbons (Fsp3) is 0.143. The third-order valence-corrected chi connectivity index (χ3v) is 4.69. The lowest BCUT2D eigenvalue weighted by molar-refractivity contribution is -0.364. The second-order valence-corrected chi connectivity index (χ2v) is 6.18. The van der Waals surface area contributed by atoms with Crippen LogP contribution in [-0.2, 0) is 4.74 Å². The van der Waals surface area contributed by atoms with Gasteiger partial charge in [0.15, 0.2) is 5.69 Å². The number of hydrogen-bond donors (Lipinski definition) is 1. The Hall–Kier alpha value is -3.90. The Bertz CT molecular complexity index is 1110. The van der Waals surface area contributed by atoms with Gasteiger partial charge in [-0.2, -0.15) is 10.5 Å². The van der Waals surface area contributed by atoms with E-state index in [1.54, 1.807) is 24.3 Å². The van der Waals surface area contributed by atoms with Crippen molar-refractivity contribution in [2.45, 2.75) is 13.8 Å². The molecule has 0 saturated heterocycles. The summed E-state index contributed by atoms with van der Waals surface area (Å²) in [7, 11) is 1.34. The van der Waals surface area contributed by atoms with Crippen LogP contribution in [0.5, 0.6) is 0 Å². The molecule has 1 aliphatic carbocycles. The number of carbonyl (C=O) groups is 1. The molecular formula is C21H17N4O2+. The fourth-order valence-electron chi connectivity index (χ4n) is 3.27. The average Bonchev–Trinajstić information content (AvgIpc) is 2.93. The third kappa shape index (κ3) is 2.84. The van der Waals surface area contributed by atoms with E-state index in [1.165, 1.54) is 7.11 Å². The molecule has 1 aromatic heterocycles. The van der Waals surface area contributed by atoms with Crippen molar-refractivity contribution < 1.29 is 14.5 Å². The zero-order valence-electron chi connectivity index (χ0n) is 15.2. The second kappa shape index (κ2) is 6.78. The van der Waals surface area contributed by atoms with Gasteiger partial charge in [-0.25, -0.2) is 9.78 Å². The van der Waals surface area contributed by atoms with E-state index >= 15 is 0 Å². The van der Waals surface area contributed by atoms with Crippen LogP contribution in [0.1, 0.15) is 45.2 Å². The lowest BCUT2D eigenvalue weighted by Gasteiger charge is -2.08. The highest BCUT2D eigenvalue weighted by molar-refractivity contribution is 6.07. The summed E-state index contributed by atoms with van der Waals surface area (Å²) in [6, 6.07) is 11.3. The first-order valence-corrected chi connectivity index (χ1v) is 8.20. The van der Waals surface area contributed by atoms with Crippen LogP contribution in [0.4, 0.5) is 5.82 Å². The predicted molar refractivity (Wildman–Crippen MR) is 101 cm³/mol. The number of nitrogens with one attached hydrogen (secondary N) is 1. The van der Waals surface area contributed by atoms with Crippen molar-refractivity contribution in [3.63, 3.8) is 0 Å². The van der Waals surface area contributed by atoms with Gasteiger partial charge in [-0.15, -0.1) is 0 Å². The van der Waals surface area contributed by atoms with Crippen LogP contribution in [0.2, 0.25) is 0 Å². The molecule has 0 spiro atoms. The summed E-state index contributed by atoms with van der Waals surface area (Å²) in [6.45, 7) is 3.69. The molecule has 0 radical (unpaired) electrons. The van der Waals surface area contributed by atoms with Crippen LogP contribution in [-0.4, -0.2) is 13.1 Å². The first kappa shape index (κ1) is 17.9. The van der Waals surface area contributed by atoms with E-state index in [0.29, 0.717) is 22.4 Å². The molecule has 132 valence electrons. The molecule has 1 heterocycles. The van der Waals surface area contributed by atoms with Crippen LogP contribution >= 0.6 is 0 Å². The molecule has 0 bridgehead atoms. The van der Waals surface area contributed by atoms with Crippen molar-refractivity contribution in [3.8, 4) is 12.1 Å². The quantitative estimate of drug-likeness (QED) is 0.830. The molecule has 6 nitrogen and oxygen atoms in total.